The molecule has 4 aromatic rings. The molecule has 0 radical (unpaired) electrons. The predicted octanol–water partition coefficient (Wildman–Crippen LogP) is 6.09. The quantitative estimate of drug-likeness (QED) is 0.246. The van der Waals surface area contributed by atoms with E-state index >= 15 is 0 Å². The van der Waals surface area contributed by atoms with Crippen molar-refractivity contribution in [1.29, 1.82) is 0 Å². The molecule has 0 unspecified atom stereocenters. The Hall–Kier alpha value is -3.14. The fourth-order valence-electron chi connectivity index (χ4n) is 3.30. The number of halogens is 3. The average Bonchev–Trinajstić information content (AvgIpc) is 3.13. The van der Waals surface area contributed by atoms with E-state index in [1.807, 2.05) is 6.92 Å². The Labute approximate surface area is 216 Å². The first kappa shape index (κ1) is 24.0. The summed E-state index contributed by atoms with van der Waals surface area (Å²) >= 11 is 12.8. The number of anilines is 2. The number of rotatable bonds is 4. The number of carbonyl (C=O) groups excluding carboxylic acids is 3. The number of hydrogen-bond donors (Lipinski definition) is 3. The van der Waals surface area contributed by atoms with Crippen LogP contribution in [0.3, 0.4) is 0 Å². The van der Waals surface area contributed by atoms with Gasteiger partial charge in [0.2, 0.25) is 0 Å². The summed E-state index contributed by atoms with van der Waals surface area (Å²) in [5.74, 6) is -2.29. The Balaban J connectivity index is 1.62. The summed E-state index contributed by atoms with van der Waals surface area (Å²) < 4.78 is 2.97. The van der Waals surface area contributed by atoms with Gasteiger partial charge in [0.05, 0.1) is 5.52 Å². The number of aryl methyl sites for hydroxylation is 1. The van der Waals surface area contributed by atoms with Crippen molar-refractivity contribution in [3.05, 3.63) is 92.0 Å². The molecule has 0 spiro atoms. The molecule has 1 heterocycles. The highest BCUT2D eigenvalue weighted by Gasteiger charge is 2.21. The molecular formula is C24H17Br2ClN4O3. The predicted molar refractivity (Wildman–Crippen MR) is 141 cm³/mol. The molecule has 34 heavy (non-hydrogen) atoms. The molecule has 7 nitrogen and oxygen atoms in total. The molecule has 3 amide bonds. The van der Waals surface area contributed by atoms with Crippen LogP contribution in [0.25, 0.3) is 10.9 Å². The number of fused-ring (bicyclic) bond motifs is 1. The zero-order valence-electron chi connectivity index (χ0n) is 17.7. The molecule has 3 N–H and O–H groups in total. The lowest BCUT2D eigenvalue weighted by Crippen LogP contribution is -2.36. The van der Waals surface area contributed by atoms with Crippen LogP contribution in [0.1, 0.15) is 16.1 Å². The molecule has 3 aromatic carbocycles. The van der Waals surface area contributed by atoms with Crippen LogP contribution in [0, 0.1) is 6.92 Å². The standard InChI is InChI=1S/C24H17Br2ClN4O3/c1-13-9-18(6-7-19(13)26)29-23(33)24(34)30-31-20-8-5-15(25)10-14(20)11-21(31)22(32)28-17-4-2-3-16(27)12-17/h2-12H,1H3,(H,28,32)(H,29,33)(H,30,34). The van der Waals surface area contributed by atoms with E-state index in [1.165, 1.54) is 4.68 Å². The first-order chi connectivity index (χ1) is 16.2. The van der Waals surface area contributed by atoms with Crippen LogP contribution in [-0.4, -0.2) is 22.4 Å². The first-order valence-corrected chi connectivity index (χ1v) is 11.9. The van der Waals surface area contributed by atoms with E-state index in [0.717, 1.165) is 14.5 Å². The summed E-state index contributed by atoms with van der Waals surface area (Å²) in [7, 11) is 0. The number of nitrogens with zero attached hydrogens (tertiary/aromatic N) is 1. The van der Waals surface area contributed by atoms with Crippen LogP contribution in [-0.2, 0) is 9.59 Å². The van der Waals surface area contributed by atoms with E-state index in [-0.39, 0.29) is 5.69 Å². The van der Waals surface area contributed by atoms with Crippen molar-refractivity contribution in [3.8, 4) is 0 Å². The Morgan fingerprint density at radius 3 is 2.35 bits per heavy atom. The second kappa shape index (κ2) is 10.0. The molecule has 4 rings (SSSR count). The van der Waals surface area contributed by atoms with Gasteiger partial charge in [-0.2, -0.15) is 0 Å². The maximum Gasteiger partial charge on any atom is 0.328 e. The maximum absolute atomic E-state index is 13.1. The van der Waals surface area contributed by atoms with E-state index < -0.39 is 17.7 Å². The van der Waals surface area contributed by atoms with E-state index in [1.54, 1.807) is 66.7 Å². The van der Waals surface area contributed by atoms with E-state index in [2.05, 4.69) is 47.9 Å². The molecule has 0 fully saturated rings. The van der Waals surface area contributed by atoms with Gasteiger partial charge in [-0.3, -0.25) is 19.8 Å². The lowest BCUT2D eigenvalue weighted by molar-refractivity contribution is -0.133. The van der Waals surface area contributed by atoms with Gasteiger partial charge < -0.3 is 10.6 Å². The monoisotopic (exact) mass is 602 g/mol. The van der Waals surface area contributed by atoms with Gasteiger partial charge in [-0.05, 0) is 73.2 Å². The molecule has 1 aromatic heterocycles. The molecular weight excluding hydrogens is 588 g/mol. The molecule has 0 aliphatic rings. The van der Waals surface area contributed by atoms with Gasteiger partial charge in [0.15, 0.2) is 0 Å². The van der Waals surface area contributed by atoms with Gasteiger partial charge >= 0.3 is 11.8 Å². The lowest BCUT2D eigenvalue weighted by atomic mass is 10.2. The third kappa shape index (κ3) is 5.32. The van der Waals surface area contributed by atoms with Crippen molar-refractivity contribution >= 4 is 83.5 Å². The van der Waals surface area contributed by atoms with E-state index in [0.29, 0.717) is 27.3 Å². The number of hydrogen-bond acceptors (Lipinski definition) is 3. The van der Waals surface area contributed by atoms with Crippen LogP contribution in [0.5, 0.6) is 0 Å². The Kier molecular flexibility index (Phi) is 7.06. The zero-order chi connectivity index (χ0) is 24.4. The SMILES string of the molecule is Cc1cc(NC(=O)C(=O)Nn2c(C(=O)Nc3cccc(Cl)c3)cc3cc(Br)ccc32)ccc1Br. The Morgan fingerprint density at radius 2 is 1.62 bits per heavy atom. The summed E-state index contributed by atoms with van der Waals surface area (Å²) in [5, 5.41) is 6.48. The Morgan fingerprint density at radius 1 is 0.853 bits per heavy atom. The minimum absolute atomic E-state index is 0.133. The molecule has 0 saturated heterocycles. The van der Waals surface area contributed by atoms with Crippen LogP contribution in [0.15, 0.2) is 75.7 Å². The smallest absolute Gasteiger partial charge is 0.321 e. The Bertz CT molecular complexity index is 1450. The van der Waals surface area contributed by atoms with Crippen LogP contribution in [0.4, 0.5) is 11.4 Å². The highest BCUT2D eigenvalue weighted by atomic mass is 79.9. The van der Waals surface area contributed by atoms with Crippen molar-refractivity contribution in [2.75, 3.05) is 16.1 Å². The van der Waals surface area contributed by atoms with Gasteiger partial charge in [0, 0.05) is 30.7 Å². The van der Waals surface area contributed by atoms with Crippen molar-refractivity contribution in [3.63, 3.8) is 0 Å². The summed E-state index contributed by atoms with van der Waals surface area (Å²) in [4.78, 5) is 38.4. The molecule has 172 valence electrons. The van der Waals surface area contributed by atoms with E-state index in [9.17, 15) is 14.4 Å². The van der Waals surface area contributed by atoms with Crippen molar-refractivity contribution in [1.82, 2.24) is 4.68 Å². The third-order valence-corrected chi connectivity index (χ3v) is 6.53. The van der Waals surface area contributed by atoms with Crippen LogP contribution in [0.2, 0.25) is 5.02 Å². The van der Waals surface area contributed by atoms with Gasteiger partial charge in [0.1, 0.15) is 5.69 Å². The second-order valence-electron chi connectivity index (χ2n) is 7.39. The van der Waals surface area contributed by atoms with Crippen molar-refractivity contribution in [2.45, 2.75) is 6.92 Å². The highest BCUT2D eigenvalue weighted by Crippen LogP contribution is 2.25. The molecule has 10 heteroatoms. The normalized spacial score (nSPS) is 10.7. The number of carbonyl (C=O) groups is 3. The number of amides is 3. The van der Waals surface area contributed by atoms with Gasteiger partial charge in [0.25, 0.3) is 5.91 Å². The molecule has 0 atom stereocenters. The van der Waals surface area contributed by atoms with Gasteiger partial charge in [-0.15, -0.1) is 0 Å². The van der Waals surface area contributed by atoms with E-state index in [4.69, 9.17) is 11.6 Å². The van der Waals surface area contributed by atoms with Crippen LogP contribution < -0.4 is 16.1 Å². The summed E-state index contributed by atoms with van der Waals surface area (Å²) in [6.07, 6.45) is 0. The van der Waals surface area contributed by atoms with Crippen molar-refractivity contribution < 1.29 is 14.4 Å². The van der Waals surface area contributed by atoms with Gasteiger partial charge in [-0.1, -0.05) is 49.5 Å². The van der Waals surface area contributed by atoms with Gasteiger partial charge in [-0.25, -0.2) is 4.68 Å². The summed E-state index contributed by atoms with van der Waals surface area (Å²) in [5.41, 5.74) is 5.07. The summed E-state index contributed by atoms with van der Waals surface area (Å²) in [6, 6.07) is 18.8. The molecule has 0 saturated carbocycles. The number of benzene rings is 3. The van der Waals surface area contributed by atoms with Crippen LogP contribution >= 0.6 is 43.5 Å². The third-order valence-electron chi connectivity index (χ3n) is 4.91. The number of aromatic nitrogens is 1. The zero-order valence-corrected chi connectivity index (χ0v) is 21.6. The minimum atomic E-state index is -0.933. The minimum Gasteiger partial charge on any atom is -0.321 e. The fraction of sp³-hybridized carbons (Fsp3) is 0.0417. The topological polar surface area (TPSA) is 92.2 Å². The highest BCUT2D eigenvalue weighted by molar-refractivity contribution is 9.10. The van der Waals surface area contributed by atoms with Crippen molar-refractivity contribution in [2.24, 2.45) is 0 Å². The lowest BCUT2D eigenvalue weighted by Gasteiger charge is -2.13. The average molecular weight is 605 g/mol. The molecule has 0 aliphatic heterocycles. The largest absolute Gasteiger partial charge is 0.328 e. The first-order valence-electron chi connectivity index (χ1n) is 9.97. The molecule has 0 bridgehead atoms. The second-order valence-corrected chi connectivity index (χ2v) is 9.60. The number of nitrogens with one attached hydrogen (secondary N) is 3. The molecule has 0 aliphatic carbocycles. The summed E-state index contributed by atoms with van der Waals surface area (Å²) in [6.45, 7) is 1.87. The fourth-order valence-corrected chi connectivity index (χ4v) is 4.11. The maximum atomic E-state index is 13.1.